The van der Waals surface area contributed by atoms with Gasteiger partial charge in [-0.25, -0.2) is 59.7 Å². The second-order valence-electron chi connectivity index (χ2n) is 24.6. The number of para-hydroxylation sites is 2. The van der Waals surface area contributed by atoms with E-state index in [2.05, 4.69) is 64.9 Å². The highest BCUT2D eigenvalue weighted by Crippen LogP contribution is 2.30. The number of esters is 1. The van der Waals surface area contributed by atoms with Crippen molar-refractivity contribution in [1.29, 1.82) is 5.41 Å². The monoisotopic (exact) mass is 1500 g/mol. The van der Waals surface area contributed by atoms with Crippen LogP contribution in [0.2, 0.25) is 0 Å². The lowest BCUT2D eigenvalue weighted by atomic mass is 9.97. The van der Waals surface area contributed by atoms with Gasteiger partial charge in [0, 0.05) is 47.0 Å². The third kappa shape index (κ3) is 22.7. The number of carboxylic acid groups (broad SMARTS) is 4. The molecule has 0 amide bonds. The van der Waals surface area contributed by atoms with E-state index in [9.17, 15) is 116 Å². The fourth-order valence-corrected chi connectivity index (χ4v) is 11.0. The Kier molecular flexibility index (Phi) is 28.4. The molecular formula is C67H80N14O26. The summed E-state index contributed by atoms with van der Waals surface area (Å²) < 4.78 is 11.4. The van der Waals surface area contributed by atoms with Crippen LogP contribution in [-0.4, -0.2) is 300 Å². The van der Waals surface area contributed by atoms with Crippen LogP contribution in [0.3, 0.4) is 0 Å². The van der Waals surface area contributed by atoms with Crippen molar-refractivity contribution in [3.05, 3.63) is 102 Å². The van der Waals surface area contributed by atoms with E-state index in [1.165, 1.54) is 12.4 Å². The molecule has 0 saturated carbocycles. The number of H-pyrrole nitrogens is 2. The first kappa shape index (κ1) is 81.7. The Balaban J connectivity index is 1.54. The number of rotatable bonds is 23. The van der Waals surface area contributed by atoms with E-state index in [0.29, 0.717) is 34.6 Å². The van der Waals surface area contributed by atoms with E-state index < -0.39 is 249 Å². The molecule has 5 aromatic rings. The molecule has 4 heterocycles. The Hall–Kier alpha value is -12.6. The minimum absolute atomic E-state index is 0.260. The summed E-state index contributed by atoms with van der Waals surface area (Å²) in [6.45, 7) is 1.62. The summed E-state index contributed by atoms with van der Waals surface area (Å²) >= 11 is 0. The molecule has 15 atom stereocenters. The van der Waals surface area contributed by atoms with Gasteiger partial charge in [0.15, 0.2) is 42.4 Å². The highest BCUT2D eigenvalue weighted by atomic mass is 16.6. The number of aromatic nitrogens is 2. The van der Waals surface area contributed by atoms with Crippen molar-refractivity contribution < 1.29 is 130 Å². The number of carboxylic acids is 4. The first-order valence-corrected chi connectivity index (χ1v) is 32.7. The molecule has 40 heteroatoms. The summed E-state index contributed by atoms with van der Waals surface area (Å²) in [5.41, 5.74) is 1.27. The molecule has 1 fully saturated rings. The zero-order valence-corrected chi connectivity index (χ0v) is 57.1. The normalized spacial score (nSPS) is 24.9. The molecule has 2 aromatic heterocycles. The number of benzene rings is 3. The number of fused-ring (bicyclic) bond motifs is 2. The highest BCUT2D eigenvalue weighted by Gasteiger charge is 2.44. The molecular weight excluding hydrogens is 1420 g/mol. The predicted molar refractivity (Wildman–Crippen MR) is 385 cm³/mol. The molecule has 0 aliphatic carbocycles. The van der Waals surface area contributed by atoms with E-state index in [-0.39, 0.29) is 16.7 Å². The number of carbonyl (C=O) groups is 5. The third-order valence-electron chi connectivity index (χ3n) is 16.4. The van der Waals surface area contributed by atoms with Crippen LogP contribution in [-0.2, 0) is 46.3 Å². The van der Waals surface area contributed by atoms with Crippen molar-refractivity contribution in [2.24, 2.45) is 60.8 Å². The summed E-state index contributed by atoms with van der Waals surface area (Å²) in [5.74, 6) is -26.2. The van der Waals surface area contributed by atoms with Gasteiger partial charge in [0.25, 0.3) is 0 Å². The van der Waals surface area contributed by atoms with Crippen LogP contribution in [0.5, 0.6) is 5.75 Å². The molecule has 7 rings (SSSR count). The largest absolute Gasteiger partial charge is 0.508 e. The zero-order valence-electron chi connectivity index (χ0n) is 57.1. The number of aromatic amines is 2. The molecule has 3 aromatic carbocycles. The second-order valence-corrected chi connectivity index (χ2v) is 24.6. The molecule has 574 valence electrons. The molecule has 107 heavy (non-hydrogen) atoms. The van der Waals surface area contributed by atoms with Crippen molar-refractivity contribution in [1.82, 2.24) is 9.97 Å². The lowest BCUT2D eigenvalue weighted by Crippen LogP contribution is -2.42. The van der Waals surface area contributed by atoms with Gasteiger partial charge in [0.05, 0.1) is 38.4 Å². The van der Waals surface area contributed by atoms with E-state index >= 15 is 4.79 Å². The maximum Gasteiger partial charge on any atom is 0.331 e. The minimum Gasteiger partial charge on any atom is -0.508 e. The number of aliphatic carboxylic acids is 4. The Morgan fingerprint density at radius 3 is 1.63 bits per heavy atom. The number of cyclic esters (lactones) is 1. The lowest BCUT2D eigenvalue weighted by Gasteiger charge is -2.24. The van der Waals surface area contributed by atoms with Gasteiger partial charge in [0.1, 0.15) is 48.6 Å². The van der Waals surface area contributed by atoms with E-state index in [1.807, 2.05) is 6.92 Å². The van der Waals surface area contributed by atoms with Gasteiger partial charge in [-0.1, -0.05) is 68.8 Å². The average Bonchev–Trinajstić information content (AvgIpc) is 1.78. The molecule has 2 aliphatic heterocycles. The number of aliphatic hydroxyl groups excluding tert-OH is 14. The van der Waals surface area contributed by atoms with Crippen molar-refractivity contribution in [2.75, 3.05) is 13.2 Å². The quantitative estimate of drug-likeness (QED) is 0.0183. The molecule has 1 saturated heterocycles. The summed E-state index contributed by atoms with van der Waals surface area (Å²) in [5, 5.41) is 220. The fourth-order valence-electron chi connectivity index (χ4n) is 11.0. The topological polar surface area (TPSA) is 683 Å². The lowest BCUT2D eigenvalue weighted by molar-refractivity contribution is -0.150. The number of hydrogen-bond donors (Lipinski definition) is 22. The molecule has 40 nitrogen and oxygen atoms in total. The van der Waals surface area contributed by atoms with Crippen molar-refractivity contribution >= 4 is 122 Å². The third-order valence-corrected chi connectivity index (χ3v) is 16.4. The number of aliphatic imine (C=N–C) groups is 11. The number of phenols is 1. The number of aliphatic hydroxyl groups is 14. The number of hydrogen-bond acceptors (Lipinski definition) is 22. The summed E-state index contributed by atoms with van der Waals surface area (Å²) in [6.07, 6.45) is -8.26. The highest BCUT2D eigenvalue weighted by molar-refractivity contribution is 5.98. The van der Waals surface area contributed by atoms with Crippen molar-refractivity contribution in [3.63, 3.8) is 0 Å². The number of phenolic OH excluding ortho intramolecular Hbond substituents is 1. The molecule has 0 spiro atoms. The van der Waals surface area contributed by atoms with E-state index in [4.69, 9.17) is 14.9 Å². The number of ether oxygens (including phenoxy) is 2. The Bertz CT molecular complexity index is 4410. The predicted octanol–water partition coefficient (Wildman–Crippen LogP) is 4.66. The molecule has 0 bridgehead atoms. The summed E-state index contributed by atoms with van der Waals surface area (Å²) in [7, 11) is 0. The zero-order chi connectivity index (χ0) is 78.7. The van der Waals surface area contributed by atoms with E-state index in [1.54, 1.807) is 48.5 Å². The summed E-state index contributed by atoms with van der Waals surface area (Å²) in [4.78, 5) is 114. The van der Waals surface area contributed by atoms with Crippen LogP contribution >= 0.6 is 0 Å². The number of carbonyl (C=O) groups excluding carboxylic acids is 1. The summed E-state index contributed by atoms with van der Waals surface area (Å²) in [6, 6.07) is -4.74. The number of nitrogens with zero attached hydrogens (tertiary/aromatic N) is 11. The Morgan fingerprint density at radius 2 is 1.09 bits per heavy atom. The first-order chi connectivity index (χ1) is 50.7. The fraction of sp³-hybridized carbons (Fsp3) is 0.418. The standard InChI is InChI=1S/C67H80N14O26/c1-4-9-44-55(107-44)66(104)77-43(27-82)61(99)80-51-29(3)106-67(105)42(20-32-25-70-37-13-8-6-11-35(32)37)76-62(100)50(28(2)18-46(85)86)79-65(103)53(54(93)56(68)94)78-45(84)26-71-57(95)39(21-47(87)88)75-64(102)52(30-14-16-33(83)17-15-30)81-60(98)41(23-49(91)92)73-59(97)40(22-48(89)90)72-58(96)38(74-63(51)101)19-31-24-69-36-12-7-5-10-34(31)36/h5-8,10-17,24-25,28-29,38-44,50-55,69-70,82-83,93H,4,9,18-23,26-27H2,1-3H3,(H2,68,94)(H,71,95)(H,72,96)(H,73,97)(H,74,101)(H,75,102)(H,76,100)(H,77,104)(H,78,84)(H,79,103)(H,80,99)(H,81,98)(H,85,86)(H,87,88)(H,89,90)(H,91,92)/t28-,29-,38-,39+,40+,41+,42+,43+,44?,50+,51+,52-,53-,54+,55?/m1/s1. The molecule has 2 aliphatic rings. The van der Waals surface area contributed by atoms with Crippen LogP contribution in [0.4, 0.5) is 0 Å². The SMILES string of the molecule is CCCC1OC1C(O)=N[C@@H](CO)C(O)=N[C@@H]1C(O)=N[C@H](Cc2c[nH]c3ccccc23)C(O)=N[C@@H](CC(=O)O)C(O)=N[C@@H](CC(=O)O)C(O)=N[C@H](c2ccc(O)cc2)C(O)=N[C@@H](CC(=O)O)C(O)=NCC(O)=N[C@H]([C@H](O)C(=N)O)C(O)=N[C@@H]([C@H](C)CC(=O)O)C(O)=N[C@@H](Cc2c[nH]c3ccccc23)C(=O)O[C@@H]1C. The first-order valence-electron chi connectivity index (χ1n) is 32.7. The van der Waals surface area contributed by atoms with Crippen LogP contribution in [0.1, 0.15) is 82.0 Å². The van der Waals surface area contributed by atoms with Crippen molar-refractivity contribution in [2.45, 2.75) is 157 Å². The minimum atomic E-state index is -2.69. The number of aromatic hydroxyl groups is 1. The Morgan fingerprint density at radius 1 is 0.598 bits per heavy atom. The van der Waals surface area contributed by atoms with Crippen LogP contribution in [0.25, 0.3) is 21.8 Å². The van der Waals surface area contributed by atoms with Crippen LogP contribution < -0.4 is 0 Å². The van der Waals surface area contributed by atoms with Gasteiger partial charge >= 0.3 is 29.8 Å². The maximum absolute atomic E-state index is 15.1. The smallest absolute Gasteiger partial charge is 0.331 e. The average molecular weight is 1500 g/mol. The van der Waals surface area contributed by atoms with E-state index in [0.717, 1.165) is 38.1 Å². The number of epoxide rings is 1. The maximum atomic E-state index is 15.1. The van der Waals surface area contributed by atoms with Gasteiger partial charge in [-0.05, 0) is 60.2 Å². The van der Waals surface area contributed by atoms with Crippen molar-refractivity contribution in [3.8, 4) is 5.75 Å². The second kappa shape index (κ2) is 37.2. The Labute approximate surface area is 604 Å². The van der Waals surface area contributed by atoms with Gasteiger partial charge < -0.3 is 116 Å². The molecule has 0 radical (unpaired) electrons. The van der Waals surface area contributed by atoms with Crippen LogP contribution in [0.15, 0.2) is 140 Å². The van der Waals surface area contributed by atoms with Crippen LogP contribution in [0, 0.1) is 11.3 Å². The van der Waals surface area contributed by atoms with Gasteiger partial charge in [0.2, 0.25) is 70.8 Å². The van der Waals surface area contributed by atoms with Gasteiger partial charge in [-0.2, -0.15) is 0 Å². The van der Waals surface area contributed by atoms with Gasteiger partial charge in [-0.3, -0.25) is 24.6 Å². The molecule has 2 unspecified atom stereocenters. The molecule has 22 N–H and O–H groups in total. The van der Waals surface area contributed by atoms with Gasteiger partial charge in [-0.15, -0.1) is 0 Å². The number of nitrogens with one attached hydrogen (secondary N) is 3.